The van der Waals surface area contributed by atoms with Gasteiger partial charge in [0, 0.05) is 30.4 Å². The molecule has 0 bridgehead atoms. The van der Waals surface area contributed by atoms with Gasteiger partial charge in [0.25, 0.3) is 6.47 Å². The zero-order chi connectivity index (χ0) is 27.5. The fraction of sp³-hybridized carbons (Fsp3) is 0.462. The molecule has 200 valence electrons. The molecule has 10 heteroatoms. The van der Waals surface area contributed by atoms with E-state index in [1.54, 1.807) is 42.4 Å². The van der Waals surface area contributed by atoms with Crippen molar-refractivity contribution < 1.29 is 23.5 Å². The number of amides is 1. The Morgan fingerprint density at radius 3 is 2.42 bits per heavy atom. The number of halogens is 1. The van der Waals surface area contributed by atoms with Gasteiger partial charge in [0.2, 0.25) is 0 Å². The number of carbonyl (C=O) groups is 2. The summed E-state index contributed by atoms with van der Waals surface area (Å²) in [5.74, 6) is 0.211. The second kappa shape index (κ2) is 18.8. The van der Waals surface area contributed by atoms with Crippen molar-refractivity contribution in [1.29, 1.82) is 5.41 Å². The number of aromatic nitrogens is 1. The molecular formula is C26H40FN5O4. The zero-order valence-electron chi connectivity index (χ0n) is 22.4. The lowest BCUT2D eigenvalue weighted by Gasteiger charge is -2.17. The van der Waals surface area contributed by atoms with Gasteiger partial charge in [-0.2, -0.15) is 0 Å². The van der Waals surface area contributed by atoms with Crippen LogP contribution in [0, 0.1) is 11.2 Å². The normalized spacial score (nSPS) is 13.5. The quantitative estimate of drug-likeness (QED) is 0.277. The van der Waals surface area contributed by atoms with E-state index >= 15 is 0 Å². The van der Waals surface area contributed by atoms with Crippen molar-refractivity contribution >= 4 is 30.4 Å². The number of likely N-dealkylation sites (N-methyl/N-ethyl adjacent to an activating group) is 1. The molecule has 0 aliphatic carbocycles. The predicted octanol–water partition coefficient (Wildman–Crippen LogP) is 5.10. The summed E-state index contributed by atoms with van der Waals surface area (Å²) in [5, 5.41) is 10.4. The Morgan fingerprint density at radius 1 is 1.28 bits per heavy atom. The first-order valence-corrected chi connectivity index (χ1v) is 12.1. The maximum absolute atomic E-state index is 14.7. The Labute approximate surface area is 214 Å². The summed E-state index contributed by atoms with van der Waals surface area (Å²) in [5.41, 5.74) is 1.50. The summed E-state index contributed by atoms with van der Waals surface area (Å²) in [6, 6.07) is 8.23. The van der Waals surface area contributed by atoms with Crippen molar-refractivity contribution in [3.8, 4) is 11.1 Å². The molecule has 0 saturated carbocycles. The molecule has 1 amide bonds. The molecule has 1 aliphatic heterocycles. The fourth-order valence-electron chi connectivity index (χ4n) is 3.17. The van der Waals surface area contributed by atoms with Crippen molar-refractivity contribution in [1.82, 2.24) is 10.3 Å². The molecule has 2 N–H and O–H groups in total. The van der Waals surface area contributed by atoms with Crippen molar-refractivity contribution in [2.24, 2.45) is 0 Å². The van der Waals surface area contributed by atoms with E-state index in [-0.39, 0.29) is 6.10 Å². The highest BCUT2D eigenvalue weighted by Crippen LogP contribution is 2.29. The summed E-state index contributed by atoms with van der Waals surface area (Å²) in [4.78, 5) is 28.5. The van der Waals surface area contributed by atoms with E-state index in [9.17, 15) is 9.18 Å². The topological polar surface area (TPSA) is 108 Å². The molecule has 1 aromatic carbocycles. The van der Waals surface area contributed by atoms with E-state index in [0.29, 0.717) is 48.7 Å². The Morgan fingerprint density at radius 2 is 1.94 bits per heavy atom. The minimum Gasteiger partial charge on any atom is -0.471 e. The summed E-state index contributed by atoms with van der Waals surface area (Å²) in [7, 11) is 3.10. The number of hydrogen-bond acceptors (Lipinski definition) is 7. The van der Waals surface area contributed by atoms with Crippen LogP contribution in [0.3, 0.4) is 0 Å². The minimum absolute atomic E-state index is 0.253. The van der Waals surface area contributed by atoms with Crippen LogP contribution in [-0.2, 0) is 14.3 Å². The third-order valence-electron chi connectivity index (χ3n) is 4.64. The van der Waals surface area contributed by atoms with Gasteiger partial charge in [0.1, 0.15) is 17.7 Å². The number of benzene rings is 1. The minimum atomic E-state index is -0.471. The molecule has 2 aromatic rings. The Kier molecular flexibility index (Phi) is 16.9. The van der Waals surface area contributed by atoms with Crippen molar-refractivity contribution in [3.63, 3.8) is 0 Å². The average molecular weight is 506 g/mol. The van der Waals surface area contributed by atoms with Gasteiger partial charge in [-0.25, -0.2) is 14.2 Å². The standard InChI is InChI=1S/C20H24FN5O2.C2H4O2.2C2H6/c1-3-8-25(13-22)19-7-4-14(10-24-19)17-6-5-15(9-18(17)21)26-12-16(11-23-2)28-20(26)27;1-4-2-3;2*1-2/h4-7,9-10,13,16,22-23H,3,8,11-12H2,1-2H3;2H,1H3;2*1-2H3. The molecule has 1 aliphatic rings. The van der Waals surface area contributed by atoms with Gasteiger partial charge in [0.15, 0.2) is 0 Å². The molecule has 0 spiro atoms. The second-order valence-corrected chi connectivity index (χ2v) is 6.90. The van der Waals surface area contributed by atoms with Crippen LogP contribution in [0.2, 0.25) is 0 Å². The molecule has 1 aromatic heterocycles. The highest BCUT2D eigenvalue weighted by Gasteiger charge is 2.32. The van der Waals surface area contributed by atoms with Gasteiger partial charge in [-0.1, -0.05) is 34.6 Å². The van der Waals surface area contributed by atoms with Gasteiger partial charge < -0.3 is 19.7 Å². The smallest absolute Gasteiger partial charge is 0.414 e. The maximum atomic E-state index is 14.7. The van der Waals surface area contributed by atoms with Gasteiger partial charge in [-0.05, 0) is 43.8 Å². The second-order valence-electron chi connectivity index (χ2n) is 6.90. The van der Waals surface area contributed by atoms with Gasteiger partial charge >= 0.3 is 6.09 Å². The van der Waals surface area contributed by atoms with Crippen LogP contribution in [0.25, 0.3) is 11.1 Å². The number of ether oxygens (including phenoxy) is 2. The number of pyridine rings is 1. The number of anilines is 2. The molecule has 36 heavy (non-hydrogen) atoms. The average Bonchev–Trinajstić information content (AvgIpc) is 3.30. The highest BCUT2D eigenvalue weighted by molar-refractivity contribution is 5.90. The van der Waals surface area contributed by atoms with E-state index in [4.69, 9.17) is 14.9 Å². The summed E-state index contributed by atoms with van der Waals surface area (Å²) in [6.07, 6.45) is 2.99. The monoisotopic (exact) mass is 505 g/mol. The van der Waals surface area contributed by atoms with Gasteiger partial charge in [0.05, 0.1) is 25.7 Å². The van der Waals surface area contributed by atoms with Crippen LogP contribution in [0.15, 0.2) is 36.5 Å². The van der Waals surface area contributed by atoms with Gasteiger partial charge in [-0.15, -0.1) is 0 Å². The lowest BCUT2D eigenvalue weighted by molar-refractivity contribution is -0.126. The molecule has 1 unspecified atom stereocenters. The number of nitrogens with zero attached hydrogens (tertiary/aromatic N) is 3. The Balaban J connectivity index is 0.00000137. The number of rotatable bonds is 9. The lowest BCUT2D eigenvalue weighted by Crippen LogP contribution is -2.29. The third kappa shape index (κ3) is 9.61. The molecule has 9 nitrogen and oxygen atoms in total. The van der Waals surface area contributed by atoms with E-state index < -0.39 is 11.9 Å². The van der Waals surface area contributed by atoms with E-state index in [1.807, 2.05) is 34.6 Å². The van der Waals surface area contributed by atoms with Crippen LogP contribution in [0.4, 0.5) is 20.7 Å². The van der Waals surface area contributed by atoms with Gasteiger partial charge in [-0.3, -0.25) is 15.1 Å². The molecule has 1 fully saturated rings. The first-order valence-electron chi connectivity index (χ1n) is 12.1. The number of cyclic esters (lactones) is 1. The highest BCUT2D eigenvalue weighted by atomic mass is 19.1. The van der Waals surface area contributed by atoms with Crippen LogP contribution < -0.4 is 15.1 Å². The summed E-state index contributed by atoms with van der Waals surface area (Å²) in [6.45, 7) is 12.0. The molecular weight excluding hydrogens is 465 g/mol. The largest absolute Gasteiger partial charge is 0.471 e. The summed E-state index contributed by atoms with van der Waals surface area (Å²) >= 11 is 0. The van der Waals surface area contributed by atoms with Crippen LogP contribution >= 0.6 is 0 Å². The maximum Gasteiger partial charge on any atom is 0.414 e. The summed E-state index contributed by atoms with van der Waals surface area (Å²) < 4.78 is 23.9. The lowest BCUT2D eigenvalue weighted by atomic mass is 10.1. The first-order chi connectivity index (χ1) is 17.5. The molecule has 1 saturated heterocycles. The first kappa shape index (κ1) is 32.5. The van der Waals surface area contributed by atoms with Crippen molar-refractivity contribution in [2.45, 2.75) is 47.1 Å². The number of hydrogen-bond donors (Lipinski definition) is 2. The van der Waals surface area contributed by atoms with Crippen molar-refractivity contribution in [2.75, 3.05) is 43.6 Å². The van der Waals surface area contributed by atoms with Crippen LogP contribution in [0.1, 0.15) is 41.0 Å². The van der Waals surface area contributed by atoms with E-state index in [1.165, 1.54) is 24.4 Å². The molecule has 2 heterocycles. The SMILES string of the molecule is CC.CC.CCCN(C=N)c1ccc(-c2ccc(N3CC(CNC)OC3=O)cc2F)cn1.COC=O. The number of nitrogens with one attached hydrogen (secondary N) is 2. The number of carbonyl (C=O) groups excluding carboxylic acids is 2. The fourth-order valence-corrected chi connectivity index (χ4v) is 3.17. The Bertz CT molecular complexity index is 912. The zero-order valence-corrected chi connectivity index (χ0v) is 22.4. The molecule has 3 rings (SSSR count). The third-order valence-corrected chi connectivity index (χ3v) is 4.64. The molecule has 1 atom stereocenters. The van der Waals surface area contributed by atoms with Crippen LogP contribution in [-0.4, -0.2) is 63.8 Å². The Hall–Kier alpha value is -3.53. The predicted molar refractivity (Wildman–Crippen MR) is 143 cm³/mol. The van der Waals surface area contributed by atoms with Crippen LogP contribution in [0.5, 0.6) is 0 Å². The van der Waals surface area contributed by atoms with E-state index in [0.717, 1.165) is 6.42 Å². The number of methoxy groups -OCH3 is 1. The van der Waals surface area contributed by atoms with E-state index in [2.05, 4.69) is 15.0 Å². The molecule has 0 radical (unpaired) electrons. The van der Waals surface area contributed by atoms with Crippen molar-refractivity contribution in [3.05, 3.63) is 42.3 Å².